The lowest BCUT2D eigenvalue weighted by Gasteiger charge is -2.37. The number of piperazine rings is 1. The Morgan fingerprint density at radius 2 is 1.60 bits per heavy atom. The summed E-state index contributed by atoms with van der Waals surface area (Å²) in [6.45, 7) is 6.62. The van der Waals surface area contributed by atoms with E-state index in [-0.39, 0.29) is 31.1 Å². The van der Waals surface area contributed by atoms with E-state index in [1.807, 2.05) is 55.5 Å². The Kier molecular flexibility index (Phi) is 16.6. The van der Waals surface area contributed by atoms with Crippen LogP contribution in [0.5, 0.6) is 5.75 Å². The van der Waals surface area contributed by atoms with Gasteiger partial charge in [-0.25, -0.2) is 41.8 Å². The van der Waals surface area contributed by atoms with E-state index >= 15 is 4.39 Å². The van der Waals surface area contributed by atoms with E-state index in [4.69, 9.17) is 33.5 Å². The number of ether oxygens (including phenoxy) is 5. The predicted octanol–water partition coefficient (Wildman–Crippen LogP) is 5.90. The van der Waals surface area contributed by atoms with E-state index in [0.717, 1.165) is 43.6 Å². The lowest BCUT2D eigenvalue weighted by molar-refractivity contribution is -0.154. The van der Waals surface area contributed by atoms with Gasteiger partial charge in [0.25, 0.3) is 0 Å². The second-order valence-electron chi connectivity index (χ2n) is 16.6. The molecule has 0 bridgehead atoms. The summed E-state index contributed by atoms with van der Waals surface area (Å²) in [5.41, 5.74) is 1.47. The predicted molar refractivity (Wildman–Crippen MR) is 240 cm³/mol. The van der Waals surface area contributed by atoms with Gasteiger partial charge < -0.3 is 43.3 Å². The third kappa shape index (κ3) is 13.1. The highest BCUT2D eigenvalue weighted by atomic mass is 31.2. The SMILES string of the molecule is CC[C@@H]([C@H](C)OC(=O)OCOC(=O)CCCCCOP(=O)(O)O)n1ncn(-c2ccc(N3CCN(c4ccc(OC[C@@H]5CO[C@@](Cn6cncn6)(c6ccc(F)cc6F)C5)cc4)CC3)cc2)c1=O. The number of hydrogen-bond donors (Lipinski definition) is 2. The molecule has 0 spiro atoms. The molecule has 2 saturated heterocycles. The molecule has 0 amide bonds. The van der Waals surface area contributed by atoms with Crippen LogP contribution in [0.1, 0.15) is 64.0 Å². The summed E-state index contributed by atoms with van der Waals surface area (Å²) in [5, 5.41) is 8.50. The molecule has 366 valence electrons. The minimum atomic E-state index is -4.53. The van der Waals surface area contributed by atoms with E-state index in [1.54, 1.807) is 11.6 Å². The molecule has 0 radical (unpaired) electrons. The normalized spacial score (nSPS) is 18.3. The fourth-order valence-corrected chi connectivity index (χ4v) is 8.80. The molecule has 2 aromatic heterocycles. The fraction of sp³-hybridized carbons (Fsp3) is 0.467. The highest BCUT2D eigenvalue weighted by Gasteiger charge is 2.45. The van der Waals surface area contributed by atoms with E-state index in [1.165, 1.54) is 40.4 Å². The van der Waals surface area contributed by atoms with E-state index in [0.29, 0.717) is 56.8 Å². The Labute approximate surface area is 390 Å². The molecule has 4 heterocycles. The molecule has 0 aliphatic carbocycles. The Bertz CT molecular complexity index is 2530. The maximum atomic E-state index is 15.0. The van der Waals surface area contributed by atoms with Crippen molar-refractivity contribution in [3.63, 3.8) is 0 Å². The zero-order valence-corrected chi connectivity index (χ0v) is 38.6. The Hall–Kier alpha value is -6.19. The van der Waals surface area contributed by atoms with Crippen LogP contribution in [0.4, 0.5) is 25.0 Å². The minimum absolute atomic E-state index is 0.00768. The maximum Gasteiger partial charge on any atom is 0.511 e. The number of carbonyl (C=O) groups is 2. The second-order valence-corrected chi connectivity index (χ2v) is 17.8. The molecule has 2 N–H and O–H groups in total. The molecule has 2 aliphatic heterocycles. The van der Waals surface area contributed by atoms with E-state index < -0.39 is 61.8 Å². The highest BCUT2D eigenvalue weighted by Crippen LogP contribution is 2.42. The molecule has 23 heteroatoms. The van der Waals surface area contributed by atoms with Crippen molar-refractivity contribution in [1.82, 2.24) is 29.1 Å². The third-order valence-electron chi connectivity index (χ3n) is 11.9. The number of esters is 1. The van der Waals surface area contributed by atoms with Crippen molar-refractivity contribution in [2.75, 3.05) is 62.6 Å². The number of halogens is 2. The monoisotopic (exact) mass is 968 g/mol. The summed E-state index contributed by atoms with van der Waals surface area (Å²) in [7, 11) is -4.53. The van der Waals surface area contributed by atoms with Crippen molar-refractivity contribution in [1.29, 1.82) is 0 Å². The van der Waals surface area contributed by atoms with Crippen LogP contribution in [0.3, 0.4) is 0 Å². The molecule has 0 saturated carbocycles. The number of anilines is 2. The van der Waals surface area contributed by atoms with Gasteiger partial charge in [-0.05, 0) is 87.2 Å². The van der Waals surface area contributed by atoms with Gasteiger partial charge in [-0.1, -0.05) is 19.4 Å². The summed E-state index contributed by atoms with van der Waals surface area (Å²) in [5.74, 6) is -1.31. The topological polar surface area (TPSA) is 224 Å². The second kappa shape index (κ2) is 22.7. The number of hydrogen-bond acceptors (Lipinski definition) is 15. The lowest BCUT2D eigenvalue weighted by atomic mass is 9.87. The molecule has 0 unspecified atom stereocenters. The standard InChI is InChI=1S/C45H55F2N8O12P/c1-3-41(32(2)67-44(58)64-31-63-42(56)7-5-4-6-22-66-68(59,60)61)55-43(57)54(30-50-55)37-11-9-35(10-12-37)51-18-20-52(21-19-51)36-13-15-38(16-14-36)62-25-33-24-45(65-26-33,27-53-29-48-28-49-53)39-17-8-34(46)23-40(39)47/h8-17,23,28-30,32-33,41H,3-7,18-22,24-27,31H2,1-2H3,(H2,59,60,61)/t32-,33+,41-,45-/m0/s1. The molecule has 5 aromatic rings. The molecule has 7 rings (SSSR count). The van der Waals surface area contributed by atoms with Gasteiger partial charge in [0.1, 0.15) is 48.1 Å². The first-order valence-corrected chi connectivity index (χ1v) is 23.8. The van der Waals surface area contributed by atoms with Crippen LogP contribution in [0.2, 0.25) is 0 Å². The zero-order chi connectivity index (χ0) is 48.3. The molecular formula is C45H55F2N8O12P. The van der Waals surface area contributed by atoms with Crippen LogP contribution >= 0.6 is 7.82 Å². The zero-order valence-electron chi connectivity index (χ0n) is 37.7. The number of unbranched alkanes of at least 4 members (excludes halogenated alkanes) is 2. The van der Waals surface area contributed by atoms with E-state index in [2.05, 4.69) is 29.5 Å². The van der Waals surface area contributed by atoms with Crippen molar-refractivity contribution in [3.8, 4) is 11.4 Å². The summed E-state index contributed by atoms with van der Waals surface area (Å²) in [6, 6.07) is 18.5. The number of phosphoric acid groups is 1. The van der Waals surface area contributed by atoms with Crippen molar-refractivity contribution < 1.29 is 60.9 Å². The van der Waals surface area contributed by atoms with Gasteiger partial charge in [-0.2, -0.15) is 10.2 Å². The molecule has 4 atom stereocenters. The van der Waals surface area contributed by atoms with Crippen LogP contribution in [0.15, 0.2) is 90.5 Å². The molecular weight excluding hydrogens is 914 g/mol. The third-order valence-corrected chi connectivity index (χ3v) is 12.4. The quantitative estimate of drug-likeness (QED) is 0.0356. The highest BCUT2D eigenvalue weighted by molar-refractivity contribution is 7.46. The van der Waals surface area contributed by atoms with Gasteiger partial charge in [0.05, 0.1) is 38.1 Å². The molecule has 68 heavy (non-hydrogen) atoms. The first kappa shape index (κ1) is 49.7. The van der Waals surface area contributed by atoms with Crippen LogP contribution in [0, 0.1) is 17.6 Å². The Morgan fingerprint density at radius 3 is 2.25 bits per heavy atom. The van der Waals surface area contributed by atoms with Crippen molar-refractivity contribution in [2.45, 2.75) is 76.7 Å². The van der Waals surface area contributed by atoms with Crippen LogP contribution in [0.25, 0.3) is 5.69 Å². The van der Waals surface area contributed by atoms with Crippen molar-refractivity contribution in [2.24, 2.45) is 5.92 Å². The largest absolute Gasteiger partial charge is 0.511 e. The van der Waals surface area contributed by atoms with Gasteiger partial charge >= 0.3 is 25.6 Å². The van der Waals surface area contributed by atoms with Gasteiger partial charge in [0, 0.05) is 61.5 Å². The first-order valence-electron chi connectivity index (χ1n) is 22.3. The van der Waals surface area contributed by atoms with Crippen molar-refractivity contribution in [3.05, 3.63) is 113 Å². The number of rotatable bonds is 22. The molecule has 2 fully saturated rings. The number of carbonyl (C=O) groups excluding carboxylic acids is 2. The number of benzene rings is 3. The maximum absolute atomic E-state index is 15.0. The van der Waals surface area contributed by atoms with Crippen molar-refractivity contribution >= 4 is 31.3 Å². The molecule has 3 aromatic carbocycles. The minimum Gasteiger partial charge on any atom is -0.493 e. The lowest BCUT2D eigenvalue weighted by Crippen LogP contribution is -2.46. The van der Waals surface area contributed by atoms with Crippen LogP contribution < -0.4 is 20.2 Å². The summed E-state index contributed by atoms with van der Waals surface area (Å²) >= 11 is 0. The number of phosphoric ester groups is 1. The Morgan fingerprint density at radius 1 is 0.912 bits per heavy atom. The summed E-state index contributed by atoms with van der Waals surface area (Å²) in [6.07, 6.45) is 4.49. The van der Waals surface area contributed by atoms with E-state index in [9.17, 15) is 23.3 Å². The van der Waals surface area contributed by atoms with Crippen LogP contribution in [-0.4, -0.2) is 110 Å². The summed E-state index contributed by atoms with van der Waals surface area (Å²) < 4.78 is 75.7. The average Bonchev–Trinajstić information content (AvgIpc) is 4.08. The Balaban J connectivity index is 0.839. The van der Waals surface area contributed by atoms with Gasteiger partial charge in [-0.3, -0.25) is 9.32 Å². The van der Waals surface area contributed by atoms with Gasteiger partial charge in [-0.15, -0.1) is 0 Å². The first-order chi connectivity index (χ1) is 32.7. The van der Waals surface area contributed by atoms with Crippen LogP contribution in [-0.2, 0) is 45.0 Å². The fourth-order valence-electron chi connectivity index (χ4n) is 8.44. The number of aromatic nitrogens is 6. The smallest absolute Gasteiger partial charge is 0.493 e. The average molecular weight is 969 g/mol. The number of nitrogens with zero attached hydrogens (tertiary/aromatic N) is 8. The molecule has 2 aliphatic rings. The van der Waals surface area contributed by atoms with Gasteiger partial charge in [0.2, 0.25) is 6.79 Å². The van der Waals surface area contributed by atoms with Gasteiger partial charge in [0.15, 0.2) is 0 Å². The molecule has 20 nitrogen and oxygen atoms in total. The summed E-state index contributed by atoms with van der Waals surface area (Å²) in [4.78, 5) is 63.8.